The standard InChI is InChI=1S/C18H19FN2/c1-13(2)15-5-7-16(8-6-15)18(11-20)21-12-14-3-9-17(19)10-4-14/h3-10,13,18,21H,12H2,1-2H3. The first-order chi connectivity index (χ1) is 10.1. The lowest BCUT2D eigenvalue weighted by Crippen LogP contribution is -2.19. The average molecular weight is 282 g/mol. The van der Waals surface area contributed by atoms with Crippen LogP contribution in [0.3, 0.4) is 0 Å². The van der Waals surface area contributed by atoms with E-state index in [1.165, 1.54) is 17.7 Å². The van der Waals surface area contributed by atoms with Gasteiger partial charge in [-0.3, -0.25) is 5.32 Å². The van der Waals surface area contributed by atoms with Crippen molar-refractivity contribution in [3.63, 3.8) is 0 Å². The Bertz CT molecular complexity index is 609. The third-order valence-corrected chi connectivity index (χ3v) is 3.49. The highest BCUT2D eigenvalue weighted by molar-refractivity contribution is 5.30. The van der Waals surface area contributed by atoms with Gasteiger partial charge >= 0.3 is 0 Å². The highest BCUT2D eigenvalue weighted by Gasteiger charge is 2.10. The molecule has 2 rings (SSSR count). The van der Waals surface area contributed by atoms with E-state index in [0.717, 1.165) is 11.1 Å². The molecule has 0 spiro atoms. The molecular weight excluding hydrogens is 263 g/mol. The van der Waals surface area contributed by atoms with Gasteiger partial charge in [0.15, 0.2) is 0 Å². The fourth-order valence-corrected chi connectivity index (χ4v) is 2.13. The summed E-state index contributed by atoms with van der Waals surface area (Å²) < 4.78 is 12.8. The number of hydrogen-bond donors (Lipinski definition) is 1. The fraction of sp³-hybridized carbons (Fsp3) is 0.278. The normalized spacial score (nSPS) is 12.1. The van der Waals surface area contributed by atoms with Crippen LogP contribution in [0.1, 0.15) is 42.5 Å². The zero-order valence-electron chi connectivity index (χ0n) is 12.3. The molecule has 0 aromatic heterocycles. The highest BCUT2D eigenvalue weighted by Crippen LogP contribution is 2.19. The second kappa shape index (κ2) is 7.01. The number of benzene rings is 2. The summed E-state index contributed by atoms with van der Waals surface area (Å²) in [4.78, 5) is 0. The molecule has 2 nitrogen and oxygen atoms in total. The fourth-order valence-electron chi connectivity index (χ4n) is 2.13. The predicted octanol–water partition coefficient (Wildman–Crippen LogP) is 4.30. The van der Waals surface area contributed by atoms with Crippen LogP contribution in [0.4, 0.5) is 4.39 Å². The molecule has 2 aromatic carbocycles. The number of halogens is 1. The van der Waals surface area contributed by atoms with E-state index in [4.69, 9.17) is 0 Å². The molecular formula is C18H19FN2. The quantitative estimate of drug-likeness (QED) is 0.887. The van der Waals surface area contributed by atoms with Crippen LogP contribution in [0.5, 0.6) is 0 Å². The van der Waals surface area contributed by atoms with Crippen molar-refractivity contribution in [2.45, 2.75) is 32.4 Å². The number of nitrogens with zero attached hydrogens (tertiary/aromatic N) is 1. The summed E-state index contributed by atoms with van der Waals surface area (Å²) in [6.07, 6.45) is 0. The van der Waals surface area contributed by atoms with Gasteiger partial charge in [-0.25, -0.2) is 4.39 Å². The molecule has 0 saturated heterocycles. The zero-order chi connectivity index (χ0) is 15.2. The maximum Gasteiger partial charge on any atom is 0.123 e. The van der Waals surface area contributed by atoms with E-state index in [-0.39, 0.29) is 11.9 Å². The molecule has 108 valence electrons. The van der Waals surface area contributed by atoms with Crippen molar-refractivity contribution in [3.8, 4) is 6.07 Å². The first-order valence-electron chi connectivity index (χ1n) is 7.07. The molecule has 1 atom stereocenters. The third-order valence-electron chi connectivity index (χ3n) is 3.49. The van der Waals surface area contributed by atoms with Gasteiger partial charge in [-0.1, -0.05) is 50.2 Å². The molecule has 0 radical (unpaired) electrons. The largest absolute Gasteiger partial charge is 0.294 e. The maximum absolute atomic E-state index is 12.8. The predicted molar refractivity (Wildman–Crippen MR) is 82.1 cm³/mol. The Morgan fingerprint density at radius 3 is 2.10 bits per heavy atom. The summed E-state index contributed by atoms with van der Waals surface area (Å²) in [6, 6.07) is 16.3. The number of rotatable bonds is 5. The van der Waals surface area contributed by atoms with Gasteiger partial charge < -0.3 is 0 Å². The monoisotopic (exact) mass is 282 g/mol. The van der Waals surface area contributed by atoms with Gasteiger partial charge in [0, 0.05) is 6.54 Å². The van der Waals surface area contributed by atoms with Gasteiger partial charge in [0.05, 0.1) is 6.07 Å². The van der Waals surface area contributed by atoms with Gasteiger partial charge in [0.2, 0.25) is 0 Å². The lowest BCUT2D eigenvalue weighted by Gasteiger charge is -2.13. The van der Waals surface area contributed by atoms with Gasteiger partial charge in [-0.2, -0.15) is 5.26 Å². The average Bonchev–Trinajstić information content (AvgIpc) is 2.50. The van der Waals surface area contributed by atoms with Crippen LogP contribution in [0.25, 0.3) is 0 Å². The maximum atomic E-state index is 12.8. The molecule has 0 bridgehead atoms. The zero-order valence-corrected chi connectivity index (χ0v) is 12.3. The van der Waals surface area contributed by atoms with Crippen LogP contribution in [-0.2, 0) is 6.54 Å². The Labute approximate surface area is 125 Å². The number of nitriles is 1. The summed E-state index contributed by atoms with van der Waals surface area (Å²) in [5.41, 5.74) is 3.16. The molecule has 0 fully saturated rings. The number of nitrogens with one attached hydrogen (secondary N) is 1. The van der Waals surface area contributed by atoms with Crippen molar-refractivity contribution in [1.29, 1.82) is 5.26 Å². The van der Waals surface area contributed by atoms with E-state index in [1.807, 2.05) is 12.1 Å². The van der Waals surface area contributed by atoms with Crippen LogP contribution < -0.4 is 5.32 Å². The molecule has 0 saturated carbocycles. The first-order valence-corrected chi connectivity index (χ1v) is 7.07. The molecule has 0 amide bonds. The summed E-state index contributed by atoms with van der Waals surface area (Å²) in [7, 11) is 0. The van der Waals surface area contributed by atoms with E-state index >= 15 is 0 Å². The minimum Gasteiger partial charge on any atom is -0.294 e. The minimum absolute atomic E-state index is 0.250. The number of hydrogen-bond acceptors (Lipinski definition) is 2. The third kappa shape index (κ3) is 4.14. The van der Waals surface area contributed by atoms with E-state index < -0.39 is 0 Å². The van der Waals surface area contributed by atoms with Crippen molar-refractivity contribution in [2.75, 3.05) is 0 Å². The summed E-state index contributed by atoms with van der Waals surface area (Å²) >= 11 is 0. The Hall–Kier alpha value is -2.18. The second-order valence-corrected chi connectivity index (χ2v) is 5.39. The van der Waals surface area contributed by atoms with Crippen LogP contribution in [-0.4, -0.2) is 0 Å². The highest BCUT2D eigenvalue weighted by atomic mass is 19.1. The Kier molecular flexibility index (Phi) is 5.08. The lowest BCUT2D eigenvalue weighted by molar-refractivity contribution is 0.616. The lowest BCUT2D eigenvalue weighted by atomic mass is 9.99. The van der Waals surface area contributed by atoms with Crippen molar-refractivity contribution in [1.82, 2.24) is 5.32 Å². The molecule has 0 aliphatic rings. The van der Waals surface area contributed by atoms with E-state index in [1.54, 1.807) is 12.1 Å². The van der Waals surface area contributed by atoms with Crippen molar-refractivity contribution >= 4 is 0 Å². The summed E-state index contributed by atoms with van der Waals surface area (Å²) in [5, 5.41) is 12.5. The minimum atomic E-state index is -0.365. The van der Waals surface area contributed by atoms with Crippen LogP contribution in [0.15, 0.2) is 48.5 Å². The Balaban J connectivity index is 2.02. The van der Waals surface area contributed by atoms with Crippen LogP contribution in [0, 0.1) is 17.1 Å². The first kappa shape index (κ1) is 15.2. The molecule has 1 N–H and O–H groups in total. The molecule has 0 aliphatic carbocycles. The van der Waals surface area contributed by atoms with Gasteiger partial charge in [0.1, 0.15) is 11.9 Å². The molecule has 0 heterocycles. The smallest absolute Gasteiger partial charge is 0.123 e. The Morgan fingerprint density at radius 1 is 1.00 bits per heavy atom. The van der Waals surface area contributed by atoms with Crippen molar-refractivity contribution in [2.24, 2.45) is 0 Å². The van der Waals surface area contributed by atoms with Gasteiger partial charge in [0.25, 0.3) is 0 Å². The van der Waals surface area contributed by atoms with E-state index in [0.29, 0.717) is 12.5 Å². The molecule has 21 heavy (non-hydrogen) atoms. The van der Waals surface area contributed by atoms with Gasteiger partial charge in [-0.05, 0) is 34.7 Å². The van der Waals surface area contributed by atoms with E-state index in [9.17, 15) is 9.65 Å². The molecule has 2 aromatic rings. The molecule has 1 unspecified atom stereocenters. The second-order valence-electron chi connectivity index (χ2n) is 5.39. The van der Waals surface area contributed by atoms with Crippen molar-refractivity contribution in [3.05, 3.63) is 71.0 Å². The van der Waals surface area contributed by atoms with E-state index in [2.05, 4.69) is 37.4 Å². The SMILES string of the molecule is CC(C)c1ccc(C(C#N)NCc2ccc(F)cc2)cc1. The summed E-state index contributed by atoms with van der Waals surface area (Å²) in [5.74, 6) is 0.228. The topological polar surface area (TPSA) is 35.8 Å². The van der Waals surface area contributed by atoms with Crippen LogP contribution >= 0.6 is 0 Å². The van der Waals surface area contributed by atoms with Gasteiger partial charge in [-0.15, -0.1) is 0 Å². The summed E-state index contributed by atoms with van der Waals surface area (Å²) in [6.45, 7) is 4.82. The van der Waals surface area contributed by atoms with Crippen LogP contribution in [0.2, 0.25) is 0 Å². The Morgan fingerprint density at radius 2 is 1.57 bits per heavy atom. The molecule has 0 aliphatic heterocycles. The van der Waals surface area contributed by atoms with Crippen molar-refractivity contribution < 1.29 is 4.39 Å². The molecule has 3 heteroatoms.